The van der Waals surface area contributed by atoms with E-state index in [9.17, 15) is 24.5 Å². The first-order chi connectivity index (χ1) is 13.6. The van der Waals surface area contributed by atoms with E-state index in [0.717, 1.165) is 24.2 Å². The first-order valence-electron chi connectivity index (χ1n) is 9.82. The molecule has 2 fully saturated rings. The molecule has 4 amide bonds. The monoisotopic (exact) mass is 402 g/mol. The summed E-state index contributed by atoms with van der Waals surface area (Å²) >= 11 is 0. The van der Waals surface area contributed by atoms with Crippen LogP contribution in [-0.4, -0.2) is 40.3 Å². The molecule has 1 heterocycles. The van der Waals surface area contributed by atoms with Gasteiger partial charge in [0.25, 0.3) is 11.6 Å². The smallest absolute Gasteiger partial charge is 0.325 e. The van der Waals surface area contributed by atoms with E-state index in [1.165, 1.54) is 31.2 Å². The van der Waals surface area contributed by atoms with Crippen LogP contribution in [0.2, 0.25) is 0 Å². The number of carbonyl (C=O) groups is 3. The number of nitro groups is 1. The van der Waals surface area contributed by atoms with E-state index in [2.05, 4.69) is 24.5 Å². The Morgan fingerprint density at radius 1 is 1.28 bits per heavy atom. The molecule has 3 rings (SSSR count). The summed E-state index contributed by atoms with van der Waals surface area (Å²) in [5, 5.41) is 16.4. The largest absolute Gasteiger partial charge is 0.352 e. The zero-order valence-corrected chi connectivity index (χ0v) is 16.8. The zero-order chi connectivity index (χ0) is 21.3. The highest BCUT2D eigenvalue weighted by Gasteiger charge is 2.49. The maximum absolute atomic E-state index is 12.9. The molecule has 9 nitrogen and oxygen atoms in total. The first kappa shape index (κ1) is 20.8. The molecule has 156 valence electrons. The van der Waals surface area contributed by atoms with Gasteiger partial charge in [-0.1, -0.05) is 26.7 Å². The normalized spacial score (nSPS) is 29.5. The summed E-state index contributed by atoms with van der Waals surface area (Å²) in [7, 11) is 0. The molecule has 1 saturated heterocycles. The van der Waals surface area contributed by atoms with Crippen molar-refractivity contribution < 1.29 is 19.3 Å². The lowest BCUT2D eigenvalue weighted by Gasteiger charge is -2.34. The topological polar surface area (TPSA) is 122 Å². The number of amides is 4. The number of hydrogen-bond acceptors (Lipinski definition) is 5. The van der Waals surface area contributed by atoms with Crippen molar-refractivity contribution in [1.29, 1.82) is 0 Å². The number of carbonyl (C=O) groups excluding carboxylic acids is 3. The van der Waals surface area contributed by atoms with E-state index in [4.69, 9.17) is 0 Å². The molecule has 1 aromatic rings. The Bertz CT molecular complexity index is 840. The highest BCUT2D eigenvalue weighted by molar-refractivity contribution is 6.09. The fraction of sp³-hybridized carbons (Fsp3) is 0.550. The summed E-state index contributed by atoms with van der Waals surface area (Å²) < 4.78 is 0. The van der Waals surface area contributed by atoms with Gasteiger partial charge in [-0.2, -0.15) is 0 Å². The lowest BCUT2D eigenvalue weighted by atomic mass is 9.78. The Labute approximate surface area is 169 Å². The number of nitrogens with zero attached hydrogens (tertiary/aromatic N) is 2. The van der Waals surface area contributed by atoms with Crippen LogP contribution in [0.5, 0.6) is 0 Å². The highest BCUT2D eigenvalue weighted by atomic mass is 16.6. The fourth-order valence-corrected chi connectivity index (χ4v) is 4.13. The van der Waals surface area contributed by atoms with Gasteiger partial charge in [0.1, 0.15) is 12.1 Å². The summed E-state index contributed by atoms with van der Waals surface area (Å²) in [4.78, 5) is 49.0. The summed E-state index contributed by atoms with van der Waals surface area (Å²) in [6.45, 7) is 5.44. The molecule has 2 aliphatic rings. The van der Waals surface area contributed by atoms with Gasteiger partial charge in [0, 0.05) is 18.2 Å². The van der Waals surface area contributed by atoms with Crippen molar-refractivity contribution >= 4 is 23.5 Å². The number of benzene rings is 1. The third-order valence-electron chi connectivity index (χ3n) is 6.29. The Morgan fingerprint density at radius 3 is 2.55 bits per heavy atom. The van der Waals surface area contributed by atoms with Crippen molar-refractivity contribution in [3.63, 3.8) is 0 Å². The molecule has 2 N–H and O–H groups in total. The molecule has 1 saturated carbocycles. The number of imide groups is 1. The third-order valence-corrected chi connectivity index (χ3v) is 6.29. The van der Waals surface area contributed by atoms with Crippen LogP contribution in [0.3, 0.4) is 0 Å². The van der Waals surface area contributed by atoms with Gasteiger partial charge in [-0.25, -0.2) is 4.79 Å². The van der Waals surface area contributed by atoms with Crippen LogP contribution >= 0.6 is 0 Å². The summed E-state index contributed by atoms with van der Waals surface area (Å²) in [5.41, 5.74) is -1.07. The minimum absolute atomic E-state index is 0.0353. The third kappa shape index (κ3) is 3.94. The Hall–Kier alpha value is -2.97. The van der Waals surface area contributed by atoms with Crippen LogP contribution in [0.15, 0.2) is 24.3 Å². The molecule has 9 heteroatoms. The van der Waals surface area contributed by atoms with Gasteiger partial charge in [0.05, 0.1) is 4.92 Å². The molecular weight excluding hydrogens is 376 g/mol. The Kier molecular flexibility index (Phi) is 5.59. The molecule has 1 aromatic carbocycles. The summed E-state index contributed by atoms with van der Waals surface area (Å²) in [5.74, 6) is -0.0821. The van der Waals surface area contributed by atoms with Crippen molar-refractivity contribution in [2.45, 2.75) is 51.6 Å². The fourth-order valence-electron chi connectivity index (χ4n) is 4.13. The minimum atomic E-state index is -1.38. The van der Waals surface area contributed by atoms with Gasteiger partial charge in [0.2, 0.25) is 5.91 Å². The van der Waals surface area contributed by atoms with Crippen molar-refractivity contribution in [2.24, 2.45) is 11.8 Å². The number of urea groups is 1. The molecule has 0 bridgehead atoms. The zero-order valence-electron chi connectivity index (χ0n) is 16.8. The van der Waals surface area contributed by atoms with E-state index in [1.54, 1.807) is 0 Å². The van der Waals surface area contributed by atoms with E-state index < -0.39 is 22.4 Å². The SMILES string of the molecule is C[C@@H]1[C@@H](C)CCC[C@H]1NC(=O)CN1C(=O)N[C@](C)(c2ccc([N+](=O)[O-])cc2)C1=O. The highest BCUT2D eigenvalue weighted by Crippen LogP contribution is 2.31. The molecule has 4 atom stereocenters. The predicted octanol–water partition coefficient (Wildman–Crippen LogP) is 2.30. The maximum Gasteiger partial charge on any atom is 0.325 e. The predicted molar refractivity (Wildman–Crippen MR) is 105 cm³/mol. The molecule has 1 aliphatic carbocycles. The van der Waals surface area contributed by atoms with Crippen molar-refractivity contribution in [3.8, 4) is 0 Å². The second-order valence-electron chi connectivity index (χ2n) is 8.19. The number of nitrogens with one attached hydrogen (secondary N) is 2. The minimum Gasteiger partial charge on any atom is -0.352 e. The number of non-ortho nitro benzene ring substituents is 1. The van der Waals surface area contributed by atoms with Gasteiger partial charge in [-0.05, 0) is 42.9 Å². The van der Waals surface area contributed by atoms with Gasteiger partial charge in [-0.3, -0.25) is 24.6 Å². The van der Waals surface area contributed by atoms with Gasteiger partial charge >= 0.3 is 6.03 Å². The van der Waals surface area contributed by atoms with E-state index in [-0.39, 0.29) is 24.2 Å². The van der Waals surface area contributed by atoms with Crippen molar-refractivity contribution in [2.75, 3.05) is 6.54 Å². The molecule has 0 spiro atoms. The van der Waals surface area contributed by atoms with Crippen LogP contribution < -0.4 is 10.6 Å². The maximum atomic E-state index is 12.9. The van der Waals surface area contributed by atoms with E-state index in [1.807, 2.05) is 0 Å². The Morgan fingerprint density at radius 2 is 1.93 bits per heavy atom. The second-order valence-corrected chi connectivity index (χ2v) is 8.19. The quantitative estimate of drug-likeness (QED) is 0.445. The van der Waals surface area contributed by atoms with Crippen LogP contribution in [-0.2, 0) is 15.1 Å². The van der Waals surface area contributed by atoms with Crippen LogP contribution in [0.25, 0.3) is 0 Å². The first-order valence-corrected chi connectivity index (χ1v) is 9.82. The second kappa shape index (κ2) is 7.81. The van der Waals surface area contributed by atoms with Gasteiger partial charge < -0.3 is 10.6 Å². The summed E-state index contributed by atoms with van der Waals surface area (Å²) in [6, 6.07) is 4.81. The molecule has 1 aliphatic heterocycles. The molecule has 0 aromatic heterocycles. The van der Waals surface area contributed by atoms with Crippen molar-refractivity contribution in [1.82, 2.24) is 15.5 Å². The lowest BCUT2D eigenvalue weighted by Crippen LogP contribution is -2.48. The summed E-state index contributed by atoms with van der Waals surface area (Å²) in [6.07, 6.45) is 3.06. The molecule has 0 unspecified atom stereocenters. The molecule has 0 radical (unpaired) electrons. The molecule has 29 heavy (non-hydrogen) atoms. The van der Waals surface area contributed by atoms with Gasteiger partial charge in [-0.15, -0.1) is 0 Å². The van der Waals surface area contributed by atoms with Crippen molar-refractivity contribution in [3.05, 3.63) is 39.9 Å². The number of nitro benzene ring substituents is 1. The lowest BCUT2D eigenvalue weighted by molar-refractivity contribution is -0.384. The molecular formula is C20H26N4O5. The van der Waals surface area contributed by atoms with Crippen LogP contribution in [0.4, 0.5) is 10.5 Å². The Balaban J connectivity index is 1.69. The van der Waals surface area contributed by atoms with Crippen LogP contribution in [0, 0.1) is 22.0 Å². The van der Waals surface area contributed by atoms with E-state index >= 15 is 0 Å². The van der Waals surface area contributed by atoms with Crippen LogP contribution in [0.1, 0.15) is 45.6 Å². The average molecular weight is 402 g/mol. The average Bonchev–Trinajstić information content (AvgIpc) is 2.89. The number of rotatable bonds is 5. The number of hydrogen-bond donors (Lipinski definition) is 2. The van der Waals surface area contributed by atoms with E-state index in [0.29, 0.717) is 17.4 Å². The standard InChI is InChI=1S/C20H26N4O5/c1-12-5-4-6-16(13(12)2)21-17(25)11-23-18(26)20(3,22-19(23)27)14-7-9-15(10-8-14)24(28)29/h7-10,12-13,16H,4-6,11H2,1-3H3,(H,21,25)(H,22,27)/t12-,13+,16+,20+/m0/s1. The van der Waals surface area contributed by atoms with Gasteiger partial charge in [0.15, 0.2) is 0 Å².